The van der Waals surface area contributed by atoms with E-state index in [2.05, 4.69) is 89.0 Å². The zero-order valence-corrected chi connectivity index (χ0v) is 31.7. The van der Waals surface area contributed by atoms with Crippen molar-refractivity contribution in [2.24, 2.45) is 11.3 Å². The number of nitrogens with one attached hydrogen (secondary N) is 1. The molecule has 2 aromatic carbocycles. The van der Waals surface area contributed by atoms with Crippen LogP contribution in [0.15, 0.2) is 48.6 Å². The normalized spacial score (nSPS) is 40.7. The van der Waals surface area contributed by atoms with Crippen LogP contribution in [0.5, 0.6) is 5.75 Å². The Morgan fingerprint density at radius 3 is 2.58 bits per heavy atom. The average molecular weight is 709 g/mol. The number of Topliss-reactive ketones (excluding diaryl/α,β-unsaturated/α-hetero) is 1. The van der Waals surface area contributed by atoms with Gasteiger partial charge in [0.25, 0.3) is 0 Å². The van der Waals surface area contributed by atoms with Crippen LogP contribution < -0.4 is 9.64 Å². The molecular weight excluding hydrogens is 652 g/mol. The fraction of sp³-hybridized carbons (Fsp3) is 0.605. The Kier molecular flexibility index (Phi) is 7.58. The van der Waals surface area contributed by atoms with Crippen molar-refractivity contribution >= 4 is 22.4 Å². The summed E-state index contributed by atoms with van der Waals surface area (Å²) in [5.74, 6) is 0.632. The molecule has 2 saturated heterocycles. The lowest BCUT2D eigenvalue weighted by molar-refractivity contribution is -0.200. The number of para-hydroxylation sites is 1. The van der Waals surface area contributed by atoms with Gasteiger partial charge in [-0.25, -0.2) is 0 Å². The number of benzene rings is 2. The van der Waals surface area contributed by atoms with Crippen LogP contribution >= 0.6 is 0 Å². The quantitative estimate of drug-likeness (QED) is 0.283. The molecule has 1 saturated carbocycles. The molecule has 2 bridgehead atoms. The van der Waals surface area contributed by atoms with E-state index in [1.165, 1.54) is 23.6 Å². The summed E-state index contributed by atoms with van der Waals surface area (Å²) < 4.78 is 6.39. The van der Waals surface area contributed by atoms with Gasteiger partial charge in [0.15, 0.2) is 11.4 Å². The number of rotatable bonds is 5. The molecule has 5 aliphatic heterocycles. The van der Waals surface area contributed by atoms with Gasteiger partial charge < -0.3 is 29.9 Å². The Balaban J connectivity index is 1.31. The van der Waals surface area contributed by atoms with E-state index < -0.39 is 45.4 Å². The van der Waals surface area contributed by atoms with E-state index in [9.17, 15) is 20.1 Å². The van der Waals surface area contributed by atoms with Gasteiger partial charge in [0.2, 0.25) is 0 Å². The van der Waals surface area contributed by atoms with E-state index in [4.69, 9.17) is 4.74 Å². The second kappa shape index (κ2) is 11.4. The molecule has 3 aromatic rings. The van der Waals surface area contributed by atoms with Crippen molar-refractivity contribution in [1.82, 2.24) is 14.8 Å². The summed E-state index contributed by atoms with van der Waals surface area (Å²) in [7, 11) is 3.73. The summed E-state index contributed by atoms with van der Waals surface area (Å²) in [6.45, 7) is 12.1. The van der Waals surface area contributed by atoms with Crippen LogP contribution in [0.25, 0.3) is 10.9 Å². The monoisotopic (exact) mass is 708 g/mol. The molecule has 1 aromatic heterocycles. The molecule has 52 heavy (non-hydrogen) atoms. The number of carbonyl (C=O) groups is 1. The molecule has 6 aliphatic rings. The van der Waals surface area contributed by atoms with Crippen molar-refractivity contribution in [2.75, 3.05) is 51.8 Å². The molecule has 0 radical (unpaired) electrons. The number of fused-ring (bicyclic) bond motifs is 6. The number of hydrogen-bond donors (Lipinski definition) is 4. The number of piperidine rings is 1. The molecule has 0 amide bonds. The predicted octanol–water partition coefficient (Wildman–Crippen LogP) is 4.68. The number of hydrogen-bond acceptors (Lipinski definition) is 8. The van der Waals surface area contributed by atoms with Crippen molar-refractivity contribution in [3.63, 3.8) is 0 Å². The van der Waals surface area contributed by atoms with Gasteiger partial charge in [-0.05, 0) is 88.1 Å². The number of carbonyl (C=O) groups excluding carboxylic acids is 1. The van der Waals surface area contributed by atoms with E-state index >= 15 is 0 Å². The van der Waals surface area contributed by atoms with Gasteiger partial charge in [-0.3, -0.25) is 14.6 Å². The van der Waals surface area contributed by atoms with Gasteiger partial charge in [0.1, 0.15) is 11.9 Å². The highest BCUT2D eigenvalue weighted by Crippen LogP contribution is 2.67. The highest BCUT2D eigenvalue weighted by atomic mass is 16.5. The number of nitrogens with zero attached hydrogens (tertiary/aromatic N) is 3. The number of aliphatic hydroxyl groups excluding tert-OH is 1. The highest BCUT2D eigenvalue weighted by molar-refractivity contribution is 5.90. The topological polar surface area (TPSA) is 112 Å². The number of aliphatic hydroxyl groups is 3. The number of ketones is 1. The molecule has 6 heterocycles. The predicted molar refractivity (Wildman–Crippen MR) is 203 cm³/mol. The molecular formula is C43H56N4O5. The van der Waals surface area contributed by atoms with Crippen molar-refractivity contribution < 1.29 is 24.9 Å². The molecule has 9 rings (SSSR count). The second-order valence-corrected chi connectivity index (χ2v) is 17.6. The maximum Gasteiger partial charge on any atom is 0.170 e. The summed E-state index contributed by atoms with van der Waals surface area (Å²) in [5, 5.41) is 38.2. The van der Waals surface area contributed by atoms with Crippen LogP contribution in [-0.2, 0) is 22.0 Å². The third-order valence-electron chi connectivity index (χ3n) is 15.2. The van der Waals surface area contributed by atoms with Crippen molar-refractivity contribution in [3.8, 4) is 5.75 Å². The number of anilines is 1. The Morgan fingerprint density at radius 2 is 1.85 bits per heavy atom. The van der Waals surface area contributed by atoms with Crippen molar-refractivity contribution in [1.29, 1.82) is 0 Å². The van der Waals surface area contributed by atoms with E-state index in [-0.39, 0.29) is 12.0 Å². The maximum atomic E-state index is 13.8. The van der Waals surface area contributed by atoms with Gasteiger partial charge in [-0.1, -0.05) is 44.2 Å². The molecule has 1 spiro atoms. The van der Waals surface area contributed by atoms with Crippen LogP contribution in [-0.4, -0.2) is 112 Å². The van der Waals surface area contributed by atoms with Crippen molar-refractivity contribution in [3.05, 3.63) is 70.9 Å². The van der Waals surface area contributed by atoms with E-state index in [1.54, 1.807) is 7.11 Å². The third kappa shape index (κ3) is 4.20. The zero-order chi connectivity index (χ0) is 36.6. The second-order valence-electron chi connectivity index (χ2n) is 17.6. The van der Waals surface area contributed by atoms with Gasteiger partial charge in [0, 0.05) is 89.4 Å². The smallest absolute Gasteiger partial charge is 0.170 e. The fourth-order valence-electron chi connectivity index (χ4n) is 13.0. The van der Waals surface area contributed by atoms with Crippen LogP contribution in [0.3, 0.4) is 0 Å². The van der Waals surface area contributed by atoms with Crippen molar-refractivity contribution in [2.45, 2.75) is 106 Å². The molecule has 10 atom stereocenters. The van der Waals surface area contributed by atoms with Crippen LogP contribution in [0.2, 0.25) is 0 Å². The summed E-state index contributed by atoms with van der Waals surface area (Å²) in [6, 6.07) is 12.4. The lowest BCUT2D eigenvalue weighted by Crippen LogP contribution is -2.80. The molecule has 9 heteroatoms. The minimum absolute atomic E-state index is 0.0944. The average Bonchev–Trinajstić information content (AvgIpc) is 3.79. The SMILES string of the molecule is CC[C@]1(O)CC2CN(CCc3c([nH]c4ccccc34)[C@@](C)(c3cc4c(cc3OC)N(C)C3[C@]45CCN4CC=C[C@@](CC)([C@@H](O)[C@]3(O)C(C)=O)[C@H]45)C2)C1. The van der Waals surface area contributed by atoms with Crippen LogP contribution in [0.4, 0.5) is 5.69 Å². The summed E-state index contributed by atoms with van der Waals surface area (Å²) in [5.41, 5.74) is 2.19. The number of aromatic nitrogens is 1. The van der Waals surface area contributed by atoms with E-state index in [0.29, 0.717) is 13.0 Å². The fourth-order valence-corrected chi connectivity index (χ4v) is 13.0. The van der Waals surface area contributed by atoms with Gasteiger partial charge in [-0.15, -0.1) is 0 Å². The summed E-state index contributed by atoms with van der Waals surface area (Å²) in [4.78, 5) is 24.8. The largest absolute Gasteiger partial charge is 0.496 e. The minimum atomic E-state index is -1.98. The molecule has 9 nitrogen and oxygen atoms in total. The third-order valence-corrected chi connectivity index (χ3v) is 15.2. The van der Waals surface area contributed by atoms with Crippen LogP contribution in [0.1, 0.15) is 82.2 Å². The van der Waals surface area contributed by atoms with E-state index in [0.717, 1.165) is 86.4 Å². The van der Waals surface area contributed by atoms with E-state index in [1.807, 2.05) is 7.05 Å². The zero-order valence-electron chi connectivity index (χ0n) is 31.7. The Morgan fingerprint density at radius 1 is 1.06 bits per heavy atom. The number of likely N-dealkylation sites (N-methyl/N-ethyl adjacent to an activating group) is 1. The Labute approximate surface area is 307 Å². The highest BCUT2D eigenvalue weighted by Gasteiger charge is 2.78. The number of H-pyrrole nitrogens is 1. The Hall–Kier alpha value is -3.21. The first kappa shape index (κ1) is 34.6. The first-order chi connectivity index (χ1) is 24.8. The summed E-state index contributed by atoms with van der Waals surface area (Å²) >= 11 is 0. The first-order valence-corrected chi connectivity index (χ1v) is 19.6. The number of aromatic amines is 1. The first-order valence-electron chi connectivity index (χ1n) is 19.6. The standard InChI is InChI=1S/C43H56N4O5/c1-7-40(50)23-27-22-39(4,35-29(14-18-46(24-27)25-40)28-12-9-10-13-32(28)44-35)31-20-30-33(21-34(31)52-6)45(5)37-42(30)16-19-47-17-11-15-41(8-2,36(42)47)38(49)43(37,51)26(3)48/h9-13,15,20-21,27,36-38,44,49-51H,7-8,14,16-19,22-25H2,1-6H3/t27?,36-,37?,38+,39+,40-,41+,42+,43-/m0/s1. The van der Waals surface area contributed by atoms with Gasteiger partial charge in [-0.2, -0.15) is 0 Å². The molecule has 3 fully saturated rings. The minimum Gasteiger partial charge on any atom is -0.496 e. The molecule has 1 aliphatic carbocycles. The molecule has 278 valence electrons. The number of methoxy groups -OCH3 is 1. The number of ether oxygens (including phenoxy) is 1. The molecule has 3 unspecified atom stereocenters. The maximum absolute atomic E-state index is 13.8. The lowest BCUT2D eigenvalue weighted by Gasteiger charge is -2.63. The molecule has 4 N–H and O–H groups in total. The van der Waals surface area contributed by atoms with Crippen LogP contribution in [0, 0.1) is 11.3 Å². The lowest BCUT2D eigenvalue weighted by atomic mass is 9.47. The van der Waals surface area contributed by atoms with Gasteiger partial charge >= 0.3 is 0 Å². The Bertz CT molecular complexity index is 1990. The summed E-state index contributed by atoms with van der Waals surface area (Å²) in [6.07, 6.45) is 7.53. The van der Waals surface area contributed by atoms with Gasteiger partial charge in [0.05, 0.1) is 18.8 Å².